The first-order valence-electron chi connectivity index (χ1n) is 8.66. The molecule has 1 aliphatic rings. The van der Waals surface area contributed by atoms with Gasteiger partial charge in [0, 0.05) is 43.2 Å². The number of likely N-dealkylation sites (tertiary alicyclic amines) is 1. The number of pyridine rings is 2. The van der Waals surface area contributed by atoms with Gasteiger partial charge in [0.2, 0.25) is 5.91 Å². The maximum Gasteiger partial charge on any atom is 0.223 e. The molecule has 1 amide bonds. The number of rotatable bonds is 5. The molecule has 1 aliphatic heterocycles. The average Bonchev–Trinajstić information content (AvgIpc) is 2.62. The van der Waals surface area contributed by atoms with Crippen LogP contribution in [0, 0.1) is 6.92 Å². The SMILES string of the molecule is Cc1cccc(Nc2cc(C3CCCN(C(=O)CCCl)C3)ccn2)n1. The minimum atomic E-state index is 0.149. The summed E-state index contributed by atoms with van der Waals surface area (Å²) in [7, 11) is 0. The van der Waals surface area contributed by atoms with Gasteiger partial charge < -0.3 is 10.2 Å². The average molecular weight is 359 g/mol. The highest BCUT2D eigenvalue weighted by Crippen LogP contribution is 2.28. The molecule has 1 N–H and O–H groups in total. The van der Waals surface area contributed by atoms with Gasteiger partial charge in [0.05, 0.1) is 0 Å². The fourth-order valence-corrected chi connectivity index (χ4v) is 3.39. The molecule has 0 saturated carbocycles. The molecule has 2 aromatic heterocycles. The van der Waals surface area contributed by atoms with Crippen LogP contribution in [0.2, 0.25) is 0 Å². The Morgan fingerprint density at radius 1 is 1.36 bits per heavy atom. The Bertz CT molecular complexity index is 737. The Hall–Kier alpha value is -2.14. The Balaban J connectivity index is 1.71. The highest BCUT2D eigenvalue weighted by atomic mass is 35.5. The first-order chi connectivity index (χ1) is 12.2. The van der Waals surface area contributed by atoms with E-state index in [9.17, 15) is 4.79 Å². The number of amides is 1. The highest BCUT2D eigenvalue weighted by molar-refractivity contribution is 6.18. The Kier molecular flexibility index (Phi) is 5.87. The van der Waals surface area contributed by atoms with Gasteiger partial charge in [0.15, 0.2) is 0 Å². The maximum absolute atomic E-state index is 12.1. The van der Waals surface area contributed by atoms with Crippen molar-refractivity contribution in [3.8, 4) is 0 Å². The van der Waals surface area contributed by atoms with Gasteiger partial charge in [0.1, 0.15) is 11.6 Å². The van der Waals surface area contributed by atoms with E-state index in [0.29, 0.717) is 18.2 Å². The molecule has 0 bridgehead atoms. The summed E-state index contributed by atoms with van der Waals surface area (Å²) in [6, 6.07) is 9.95. The number of piperidine rings is 1. The van der Waals surface area contributed by atoms with Crippen LogP contribution in [0.5, 0.6) is 0 Å². The number of hydrogen-bond acceptors (Lipinski definition) is 4. The fourth-order valence-electron chi connectivity index (χ4n) is 3.23. The van der Waals surface area contributed by atoms with Gasteiger partial charge in [-0.15, -0.1) is 11.6 Å². The summed E-state index contributed by atoms with van der Waals surface area (Å²) in [5.74, 6) is 2.43. The second kappa shape index (κ2) is 8.30. The van der Waals surface area contributed by atoms with Crippen molar-refractivity contribution in [1.82, 2.24) is 14.9 Å². The summed E-state index contributed by atoms with van der Waals surface area (Å²) in [4.78, 5) is 22.9. The van der Waals surface area contributed by atoms with E-state index in [1.807, 2.05) is 42.3 Å². The van der Waals surface area contributed by atoms with Crippen molar-refractivity contribution in [2.24, 2.45) is 0 Å². The first kappa shape index (κ1) is 17.7. The number of carbonyl (C=O) groups excluding carboxylic acids is 1. The lowest BCUT2D eigenvalue weighted by atomic mass is 9.91. The van der Waals surface area contributed by atoms with Gasteiger partial charge in [-0.2, -0.15) is 0 Å². The molecular formula is C19H23ClN4O. The molecule has 2 aromatic rings. The van der Waals surface area contributed by atoms with Crippen LogP contribution in [0.4, 0.5) is 11.6 Å². The van der Waals surface area contributed by atoms with Gasteiger partial charge in [-0.3, -0.25) is 4.79 Å². The minimum Gasteiger partial charge on any atom is -0.342 e. The van der Waals surface area contributed by atoms with E-state index in [2.05, 4.69) is 21.4 Å². The molecule has 25 heavy (non-hydrogen) atoms. The van der Waals surface area contributed by atoms with E-state index >= 15 is 0 Å². The molecule has 6 heteroatoms. The smallest absolute Gasteiger partial charge is 0.223 e. The highest BCUT2D eigenvalue weighted by Gasteiger charge is 2.24. The van der Waals surface area contributed by atoms with Crippen LogP contribution in [0.3, 0.4) is 0 Å². The lowest BCUT2D eigenvalue weighted by Crippen LogP contribution is -2.39. The van der Waals surface area contributed by atoms with Crippen LogP contribution in [-0.4, -0.2) is 39.7 Å². The standard InChI is InChI=1S/C19H23ClN4O/c1-14-4-2-6-17(22-14)23-18-12-15(8-10-21-18)16-5-3-11-24(13-16)19(25)7-9-20/h2,4,6,8,10,12,16H,3,5,7,9,11,13H2,1H3,(H,21,22,23). The summed E-state index contributed by atoms with van der Waals surface area (Å²) >= 11 is 5.71. The van der Waals surface area contributed by atoms with Crippen molar-refractivity contribution in [2.75, 3.05) is 24.3 Å². The van der Waals surface area contributed by atoms with Crippen LogP contribution in [0.15, 0.2) is 36.5 Å². The summed E-state index contributed by atoms with van der Waals surface area (Å²) in [6.45, 7) is 3.54. The van der Waals surface area contributed by atoms with Crippen LogP contribution >= 0.6 is 11.6 Å². The van der Waals surface area contributed by atoms with Crippen molar-refractivity contribution >= 4 is 29.1 Å². The third-order valence-electron chi connectivity index (χ3n) is 4.48. The maximum atomic E-state index is 12.1. The van der Waals surface area contributed by atoms with Crippen LogP contribution in [0.1, 0.15) is 36.4 Å². The van der Waals surface area contributed by atoms with E-state index in [1.54, 1.807) is 0 Å². The molecule has 1 fully saturated rings. The molecule has 3 rings (SSSR count). The van der Waals surface area contributed by atoms with Gasteiger partial charge in [-0.05, 0) is 49.6 Å². The number of alkyl halides is 1. The molecule has 132 valence electrons. The number of nitrogens with zero attached hydrogens (tertiary/aromatic N) is 3. The third-order valence-corrected chi connectivity index (χ3v) is 4.67. The number of hydrogen-bond donors (Lipinski definition) is 1. The molecule has 0 aromatic carbocycles. The van der Waals surface area contributed by atoms with Crippen molar-refractivity contribution < 1.29 is 4.79 Å². The Morgan fingerprint density at radius 2 is 2.24 bits per heavy atom. The van der Waals surface area contributed by atoms with Gasteiger partial charge in [-0.1, -0.05) is 6.07 Å². The molecule has 1 atom stereocenters. The molecule has 1 saturated heterocycles. The monoisotopic (exact) mass is 358 g/mol. The van der Waals surface area contributed by atoms with E-state index in [0.717, 1.165) is 43.3 Å². The topological polar surface area (TPSA) is 58.1 Å². The van der Waals surface area contributed by atoms with Crippen molar-refractivity contribution in [3.05, 3.63) is 47.8 Å². The molecule has 3 heterocycles. The van der Waals surface area contributed by atoms with Gasteiger partial charge >= 0.3 is 0 Å². The molecular weight excluding hydrogens is 336 g/mol. The third kappa shape index (κ3) is 4.69. The second-order valence-electron chi connectivity index (χ2n) is 6.38. The predicted molar refractivity (Wildman–Crippen MR) is 100 cm³/mol. The molecule has 1 unspecified atom stereocenters. The van der Waals surface area contributed by atoms with Crippen LogP contribution in [0.25, 0.3) is 0 Å². The summed E-state index contributed by atoms with van der Waals surface area (Å²) in [6.07, 6.45) is 4.32. The Morgan fingerprint density at radius 3 is 3.04 bits per heavy atom. The normalized spacial score (nSPS) is 17.4. The second-order valence-corrected chi connectivity index (χ2v) is 6.76. The van der Waals surface area contributed by atoms with Crippen molar-refractivity contribution in [3.63, 3.8) is 0 Å². The summed E-state index contributed by atoms with van der Waals surface area (Å²) < 4.78 is 0. The number of anilines is 2. The lowest BCUT2D eigenvalue weighted by Gasteiger charge is -2.33. The zero-order valence-electron chi connectivity index (χ0n) is 14.4. The van der Waals surface area contributed by atoms with Crippen LogP contribution < -0.4 is 5.32 Å². The molecule has 0 spiro atoms. The largest absolute Gasteiger partial charge is 0.342 e. The van der Waals surface area contributed by atoms with Crippen molar-refractivity contribution in [1.29, 1.82) is 0 Å². The predicted octanol–water partition coefficient (Wildman–Crippen LogP) is 3.86. The number of aryl methyl sites for hydroxylation is 1. The van der Waals surface area contributed by atoms with E-state index in [4.69, 9.17) is 11.6 Å². The number of halogens is 1. The number of carbonyl (C=O) groups is 1. The minimum absolute atomic E-state index is 0.149. The van der Waals surface area contributed by atoms with Crippen molar-refractivity contribution in [2.45, 2.75) is 32.1 Å². The summed E-state index contributed by atoms with van der Waals surface area (Å²) in [5, 5.41) is 3.26. The van der Waals surface area contributed by atoms with Crippen LogP contribution in [-0.2, 0) is 4.79 Å². The Labute approximate surface area is 153 Å². The zero-order chi connectivity index (χ0) is 17.6. The quantitative estimate of drug-likeness (QED) is 0.824. The molecule has 0 aliphatic carbocycles. The summed E-state index contributed by atoms with van der Waals surface area (Å²) in [5.41, 5.74) is 2.16. The van der Waals surface area contributed by atoms with E-state index in [-0.39, 0.29) is 5.91 Å². The van der Waals surface area contributed by atoms with E-state index < -0.39 is 0 Å². The molecule has 0 radical (unpaired) electrons. The fraction of sp³-hybridized carbons (Fsp3) is 0.421. The van der Waals surface area contributed by atoms with Gasteiger partial charge in [-0.25, -0.2) is 9.97 Å². The zero-order valence-corrected chi connectivity index (χ0v) is 15.2. The lowest BCUT2D eigenvalue weighted by molar-refractivity contribution is -0.131. The molecule has 5 nitrogen and oxygen atoms in total. The first-order valence-corrected chi connectivity index (χ1v) is 9.19. The van der Waals surface area contributed by atoms with E-state index in [1.165, 1.54) is 5.56 Å². The number of nitrogens with one attached hydrogen (secondary N) is 1. The van der Waals surface area contributed by atoms with Gasteiger partial charge in [0.25, 0.3) is 0 Å². The number of aromatic nitrogens is 2.